The van der Waals surface area contributed by atoms with Crippen molar-refractivity contribution in [3.63, 3.8) is 0 Å². The Morgan fingerprint density at radius 1 is 1.17 bits per heavy atom. The Hall–Kier alpha value is -2.93. The number of aryl methyl sites for hydroxylation is 1. The Morgan fingerprint density at radius 3 is 2.79 bits per heavy atom. The van der Waals surface area contributed by atoms with Crippen molar-refractivity contribution >= 4 is 22.4 Å². The summed E-state index contributed by atoms with van der Waals surface area (Å²) in [5, 5.41) is 3.25. The third-order valence-electron chi connectivity index (χ3n) is 2.90. The number of carbonyl (C=O) groups excluding carboxylic acids is 1. The number of nitrogens with zero attached hydrogens (tertiary/aromatic N) is 2. The highest BCUT2D eigenvalue weighted by Crippen LogP contribution is 2.24. The summed E-state index contributed by atoms with van der Waals surface area (Å²) >= 11 is 1.42. The number of rotatable bonds is 6. The molecule has 122 valence electrons. The molecule has 0 aliphatic rings. The lowest BCUT2D eigenvalue weighted by Crippen LogP contribution is -2.19. The maximum Gasteiger partial charge on any atom is 0.264 e. The first-order chi connectivity index (χ1) is 11.7. The van der Waals surface area contributed by atoms with E-state index in [1.165, 1.54) is 11.3 Å². The molecule has 0 saturated heterocycles. The van der Waals surface area contributed by atoms with Gasteiger partial charge in [-0.25, -0.2) is 9.97 Å². The van der Waals surface area contributed by atoms with Gasteiger partial charge in [0.05, 0.1) is 0 Å². The van der Waals surface area contributed by atoms with Crippen molar-refractivity contribution < 1.29 is 14.3 Å². The van der Waals surface area contributed by atoms with Crippen LogP contribution in [0.4, 0.5) is 5.13 Å². The van der Waals surface area contributed by atoms with Gasteiger partial charge in [0.15, 0.2) is 11.7 Å². The summed E-state index contributed by atoms with van der Waals surface area (Å²) in [6, 6.07) is 12.5. The predicted molar refractivity (Wildman–Crippen MR) is 91.7 cm³/mol. The fraction of sp³-hybridized carbons (Fsp3) is 0.118. The third-order valence-corrected chi connectivity index (χ3v) is 3.73. The second-order valence-corrected chi connectivity index (χ2v) is 6.09. The zero-order valence-electron chi connectivity index (χ0n) is 12.9. The Morgan fingerprint density at radius 2 is 2.04 bits per heavy atom. The second kappa shape index (κ2) is 7.56. The predicted octanol–water partition coefficient (Wildman–Crippen LogP) is 3.66. The zero-order chi connectivity index (χ0) is 16.8. The number of thiazole rings is 1. The zero-order valence-corrected chi connectivity index (χ0v) is 13.7. The summed E-state index contributed by atoms with van der Waals surface area (Å²) in [6.07, 6.45) is 3.36. The second-order valence-electron chi connectivity index (χ2n) is 4.86. The minimum Gasteiger partial charge on any atom is -0.484 e. The average molecular weight is 341 g/mol. The molecule has 2 heterocycles. The standard InChI is InChI=1S/C17H15N3O3S/c1-12-10-19-17(24-12)20-15(21)11-22-13-5-4-6-14(9-13)23-16-7-2-3-8-18-16/h2-10H,11H2,1H3,(H,19,20,21). The molecule has 3 rings (SSSR count). The molecule has 3 aromatic rings. The van der Waals surface area contributed by atoms with Gasteiger partial charge in [-0.2, -0.15) is 0 Å². The number of benzene rings is 1. The van der Waals surface area contributed by atoms with Gasteiger partial charge in [0.1, 0.15) is 11.5 Å². The number of aromatic nitrogens is 2. The normalized spacial score (nSPS) is 10.2. The molecule has 0 unspecified atom stereocenters. The topological polar surface area (TPSA) is 73.3 Å². The monoisotopic (exact) mass is 341 g/mol. The van der Waals surface area contributed by atoms with Crippen LogP contribution in [-0.2, 0) is 4.79 Å². The molecule has 0 bridgehead atoms. The lowest BCUT2D eigenvalue weighted by atomic mass is 10.3. The Bertz CT molecular complexity index is 821. The highest BCUT2D eigenvalue weighted by molar-refractivity contribution is 7.15. The van der Waals surface area contributed by atoms with Gasteiger partial charge >= 0.3 is 0 Å². The molecule has 0 atom stereocenters. The number of amides is 1. The van der Waals surface area contributed by atoms with Crippen molar-refractivity contribution in [3.8, 4) is 17.4 Å². The van der Waals surface area contributed by atoms with Gasteiger partial charge in [-0.3, -0.25) is 10.1 Å². The lowest BCUT2D eigenvalue weighted by Gasteiger charge is -2.08. The van der Waals surface area contributed by atoms with Crippen molar-refractivity contribution in [2.75, 3.05) is 11.9 Å². The van der Waals surface area contributed by atoms with Gasteiger partial charge in [0.25, 0.3) is 5.91 Å². The van der Waals surface area contributed by atoms with E-state index in [-0.39, 0.29) is 12.5 Å². The summed E-state index contributed by atoms with van der Waals surface area (Å²) in [5.74, 6) is 1.35. The fourth-order valence-corrected chi connectivity index (χ4v) is 2.55. The maximum atomic E-state index is 11.9. The van der Waals surface area contributed by atoms with Crippen molar-refractivity contribution in [2.45, 2.75) is 6.92 Å². The first kappa shape index (κ1) is 15.9. The summed E-state index contributed by atoms with van der Waals surface area (Å²) in [4.78, 5) is 21.1. The van der Waals surface area contributed by atoms with E-state index in [4.69, 9.17) is 9.47 Å². The van der Waals surface area contributed by atoms with Crippen LogP contribution in [0.15, 0.2) is 54.9 Å². The number of pyridine rings is 1. The van der Waals surface area contributed by atoms with Crippen LogP contribution in [-0.4, -0.2) is 22.5 Å². The van der Waals surface area contributed by atoms with E-state index >= 15 is 0 Å². The molecule has 0 spiro atoms. The van der Waals surface area contributed by atoms with Gasteiger partial charge < -0.3 is 9.47 Å². The fourth-order valence-electron chi connectivity index (χ4n) is 1.87. The van der Waals surface area contributed by atoms with Crippen LogP contribution >= 0.6 is 11.3 Å². The van der Waals surface area contributed by atoms with E-state index in [1.807, 2.05) is 19.1 Å². The molecule has 2 aromatic heterocycles. The number of nitrogens with one attached hydrogen (secondary N) is 1. The lowest BCUT2D eigenvalue weighted by molar-refractivity contribution is -0.118. The molecule has 0 saturated carbocycles. The number of hydrogen-bond acceptors (Lipinski definition) is 6. The van der Waals surface area contributed by atoms with Crippen LogP contribution in [0, 0.1) is 6.92 Å². The summed E-state index contributed by atoms with van der Waals surface area (Å²) in [6.45, 7) is 1.82. The molecule has 0 aliphatic heterocycles. The molecule has 1 aromatic carbocycles. The molecular formula is C17H15N3O3S. The van der Waals surface area contributed by atoms with E-state index < -0.39 is 0 Å². The molecule has 0 fully saturated rings. The number of anilines is 1. The van der Waals surface area contributed by atoms with E-state index in [9.17, 15) is 4.79 Å². The largest absolute Gasteiger partial charge is 0.484 e. The van der Waals surface area contributed by atoms with Gasteiger partial charge in [0.2, 0.25) is 5.88 Å². The number of ether oxygens (including phenoxy) is 2. The number of carbonyl (C=O) groups is 1. The van der Waals surface area contributed by atoms with Crippen LogP contribution < -0.4 is 14.8 Å². The minimum absolute atomic E-state index is 0.105. The van der Waals surface area contributed by atoms with Crippen molar-refractivity contribution in [2.24, 2.45) is 0 Å². The van der Waals surface area contributed by atoms with Crippen LogP contribution in [0.2, 0.25) is 0 Å². The SMILES string of the molecule is Cc1cnc(NC(=O)COc2cccc(Oc3ccccn3)c2)s1. The van der Waals surface area contributed by atoms with Gasteiger partial charge in [-0.05, 0) is 25.1 Å². The Balaban J connectivity index is 1.55. The smallest absolute Gasteiger partial charge is 0.264 e. The summed E-state index contributed by atoms with van der Waals surface area (Å²) < 4.78 is 11.1. The molecule has 1 amide bonds. The minimum atomic E-state index is -0.264. The van der Waals surface area contributed by atoms with E-state index in [0.717, 1.165) is 4.88 Å². The van der Waals surface area contributed by atoms with Gasteiger partial charge in [0, 0.05) is 29.4 Å². The van der Waals surface area contributed by atoms with E-state index in [2.05, 4.69) is 15.3 Å². The molecule has 24 heavy (non-hydrogen) atoms. The van der Waals surface area contributed by atoms with E-state index in [1.54, 1.807) is 42.7 Å². The van der Waals surface area contributed by atoms with Crippen LogP contribution in [0.5, 0.6) is 17.4 Å². The van der Waals surface area contributed by atoms with Crippen molar-refractivity contribution in [1.82, 2.24) is 9.97 Å². The molecule has 6 nitrogen and oxygen atoms in total. The molecule has 1 N–H and O–H groups in total. The van der Waals surface area contributed by atoms with Crippen molar-refractivity contribution in [3.05, 3.63) is 59.7 Å². The van der Waals surface area contributed by atoms with Crippen LogP contribution in [0.25, 0.3) is 0 Å². The summed E-state index contributed by atoms with van der Waals surface area (Å²) in [7, 11) is 0. The highest BCUT2D eigenvalue weighted by atomic mass is 32.1. The van der Waals surface area contributed by atoms with Gasteiger partial charge in [-0.15, -0.1) is 11.3 Å². The Kier molecular flexibility index (Phi) is 5.02. The first-order valence-corrected chi connectivity index (χ1v) is 8.05. The molecule has 0 radical (unpaired) electrons. The maximum absolute atomic E-state index is 11.9. The number of hydrogen-bond donors (Lipinski definition) is 1. The average Bonchev–Trinajstić information content (AvgIpc) is 2.99. The van der Waals surface area contributed by atoms with Gasteiger partial charge in [-0.1, -0.05) is 12.1 Å². The van der Waals surface area contributed by atoms with Crippen LogP contribution in [0.1, 0.15) is 4.88 Å². The molecular weight excluding hydrogens is 326 g/mol. The Labute approximate surface area is 143 Å². The first-order valence-electron chi connectivity index (χ1n) is 7.23. The summed E-state index contributed by atoms with van der Waals surface area (Å²) in [5.41, 5.74) is 0. The van der Waals surface area contributed by atoms with Crippen LogP contribution in [0.3, 0.4) is 0 Å². The van der Waals surface area contributed by atoms with Crippen molar-refractivity contribution in [1.29, 1.82) is 0 Å². The highest BCUT2D eigenvalue weighted by Gasteiger charge is 2.07. The van der Waals surface area contributed by atoms with E-state index in [0.29, 0.717) is 22.5 Å². The third kappa shape index (κ3) is 4.53. The quantitative estimate of drug-likeness (QED) is 0.741. The molecule has 0 aliphatic carbocycles. The molecule has 7 heteroatoms.